The number of nitrogens with zero attached hydrogens (tertiary/aromatic N) is 2. The summed E-state index contributed by atoms with van der Waals surface area (Å²) < 4.78 is 28.9. The molecule has 8 heteroatoms. The predicted molar refractivity (Wildman–Crippen MR) is 141 cm³/mol. The van der Waals surface area contributed by atoms with E-state index in [9.17, 15) is 13.2 Å². The van der Waals surface area contributed by atoms with Crippen molar-refractivity contribution >= 4 is 43.2 Å². The number of anilines is 1. The van der Waals surface area contributed by atoms with E-state index in [0.717, 1.165) is 27.2 Å². The van der Waals surface area contributed by atoms with Gasteiger partial charge in [-0.05, 0) is 66.8 Å². The van der Waals surface area contributed by atoms with Crippen molar-refractivity contribution in [1.29, 1.82) is 0 Å². The van der Waals surface area contributed by atoms with E-state index >= 15 is 0 Å². The van der Waals surface area contributed by atoms with Crippen LogP contribution in [0.1, 0.15) is 30.6 Å². The first-order valence-corrected chi connectivity index (χ1v) is 13.9. The number of fused-ring (bicyclic) bond motifs is 1. The van der Waals surface area contributed by atoms with E-state index in [4.69, 9.17) is 4.98 Å². The number of piperidine rings is 1. The molecule has 1 N–H and O–H groups in total. The van der Waals surface area contributed by atoms with E-state index < -0.39 is 10.0 Å². The fraction of sp³-hybridized carbons (Fsp3) is 0.259. The third-order valence-electron chi connectivity index (χ3n) is 6.29. The van der Waals surface area contributed by atoms with Crippen LogP contribution in [0.15, 0.2) is 77.7 Å². The van der Waals surface area contributed by atoms with Gasteiger partial charge < -0.3 is 5.32 Å². The normalized spacial score (nSPS) is 19.0. The van der Waals surface area contributed by atoms with Gasteiger partial charge in [0.15, 0.2) is 0 Å². The van der Waals surface area contributed by atoms with E-state index in [1.54, 1.807) is 27.8 Å². The third kappa shape index (κ3) is 4.87. The van der Waals surface area contributed by atoms with E-state index in [0.29, 0.717) is 36.2 Å². The number of amides is 1. The Morgan fingerprint density at radius 3 is 2.31 bits per heavy atom. The molecular weight excluding hydrogens is 478 g/mol. The van der Waals surface area contributed by atoms with E-state index in [-0.39, 0.29) is 10.8 Å². The predicted octanol–water partition coefficient (Wildman–Crippen LogP) is 5.88. The molecule has 180 valence electrons. The van der Waals surface area contributed by atoms with Gasteiger partial charge in [-0.15, -0.1) is 11.3 Å². The van der Waals surface area contributed by atoms with Crippen LogP contribution in [-0.4, -0.2) is 36.7 Å². The van der Waals surface area contributed by atoms with Crippen molar-refractivity contribution in [1.82, 2.24) is 9.29 Å². The molecule has 1 aliphatic heterocycles. The molecule has 0 aliphatic carbocycles. The zero-order chi connectivity index (χ0) is 24.6. The van der Waals surface area contributed by atoms with Crippen LogP contribution >= 0.6 is 11.3 Å². The van der Waals surface area contributed by atoms with Crippen molar-refractivity contribution in [2.75, 3.05) is 18.4 Å². The van der Waals surface area contributed by atoms with Gasteiger partial charge in [-0.1, -0.05) is 38.1 Å². The number of hydrogen-bond acceptors (Lipinski definition) is 5. The van der Waals surface area contributed by atoms with Gasteiger partial charge in [0.1, 0.15) is 5.01 Å². The molecular formula is C27H27N3O3S2. The second-order valence-electron chi connectivity index (χ2n) is 9.28. The molecule has 0 spiro atoms. The van der Waals surface area contributed by atoms with Crippen molar-refractivity contribution < 1.29 is 13.2 Å². The van der Waals surface area contributed by atoms with Crippen molar-refractivity contribution in [2.45, 2.75) is 25.2 Å². The second-order valence-corrected chi connectivity index (χ2v) is 12.2. The molecule has 3 aromatic carbocycles. The molecule has 6 nitrogen and oxygen atoms in total. The number of rotatable bonds is 5. The largest absolute Gasteiger partial charge is 0.321 e. The molecule has 0 radical (unpaired) electrons. The lowest BCUT2D eigenvalue weighted by molar-refractivity contribution is 0.102. The van der Waals surface area contributed by atoms with Crippen molar-refractivity contribution in [3.63, 3.8) is 0 Å². The summed E-state index contributed by atoms with van der Waals surface area (Å²) in [4.78, 5) is 18.0. The fourth-order valence-corrected chi connectivity index (χ4v) is 7.37. The first-order valence-electron chi connectivity index (χ1n) is 11.7. The van der Waals surface area contributed by atoms with Crippen LogP contribution in [0.2, 0.25) is 0 Å². The number of hydrogen-bond donors (Lipinski definition) is 1. The highest BCUT2D eigenvalue weighted by Crippen LogP contribution is 2.34. The standard InChI is InChI=1S/C27H27N3O3S2/c1-18-15-19(2)17-30(16-18)35(32,33)21-13-11-20(12-14-21)26(31)28-23-8-4-3-7-22(23)27-29-24-9-5-6-10-25(24)34-27/h3-14,18-19H,15-17H2,1-2H3,(H,28,31)/t18-,19-/m0/s1. The van der Waals surface area contributed by atoms with Crippen LogP contribution < -0.4 is 5.32 Å². The number of thiazole rings is 1. The maximum absolute atomic E-state index is 13.1. The number of benzene rings is 3. The number of sulfonamides is 1. The molecule has 5 rings (SSSR count). The maximum Gasteiger partial charge on any atom is 0.255 e. The highest BCUT2D eigenvalue weighted by atomic mass is 32.2. The second kappa shape index (κ2) is 9.53. The number of aromatic nitrogens is 1. The van der Waals surface area contributed by atoms with Crippen LogP contribution in [0.4, 0.5) is 5.69 Å². The molecule has 0 unspecified atom stereocenters. The van der Waals surface area contributed by atoms with Gasteiger partial charge in [-0.3, -0.25) is 4.79 Å². The van der Waals surface area contributed by atoms with E-state index in [1.165, 1.54) is 12.1 Å². The van der Waals surface area contributed by atoms with Crippen LogP contribution in [0.5, 0.6) is 0 Å². The van der Waals surface area contributed by atoms with Gasteiger partial charge in [0.05, 0.1) is 20.8 Å². The van der Waals surface area contributed by atoms with Crippen molar-refractivity contribution in [2.24, 2.45) is 11.8 Å². The highest BCUT2D eigenvalue weighted by molar-refractivity contribution is 7.89. The smallest absolute Gasteiger partial charge is 0.255 e. The Morgan fingerprint density at radius 2 is 1.60 bits per heavy atom. The lowest BCUT2D eigenvalue weighted by atomic mass is 9.94. The first-order chi connectivity index (χ1) is 16.8. The number of carbonyl (C=O) groups excluding carboxylic acids is 1. The summed E-state index contributed by atoms with van der Waals surface area (Å²) in [5.74, 6) is 0.353. The fourth-order valence-electron chi connectivity index (χ4n) is 4.69. The Labute approximate surface area is 209 Å². The molecule has 0 bridgehead atoms. The van der Waals surface area contributed by atoms with Crippen LogP contribution in [-0.2, 0) is 10.0 Å². The number of nitrogens with one attached hydrogen (secondary N) is 1. The zero-order valence-electron chi connectivity index (χ0n) is 19.6. The minimum atomic E-state index is -3.59. The molecule has 35 heavy (non-hydrogen) atoms. The maximum atomic E-state index is 13.1. The van der Waals surface area contributed by atoms with E-state index in [1.807, 2.05) is 48.5 Å². The third-order valence-corrected chi connectivity index (χ3v) is 9.20. The lowest BCUT2D eigenvalue weighted by Gasteiger charge is -2.34. The summed E-state index contributed by atoms with van der Waals surface area (Å²) in [5, 5.41) is 3.80. The summed E-state index contributed by atoms with van der Waals surface area (Å²) >= 11 is 1.57. The molecule has 4 aromatic rings. The summed E-state index contributed by atoms with van der Waals surface area (Å²) in [7, 11) is -3.59. The van der Waals surface area contributed by atoms with Crippen LogP contribution in [0.3, 0.4) is 0 Å². The van der Waals surface area contributed by atoms with Gasteiger partial charge in [0, 0.05) is 24.2 Å². The van der Waals surface area contributed by atoms with Gasteiger partial charge in [0.25, 0.3) is 5.91 Å². The SMILES string of the molecule is C[C@H]1C[C@H](C)CN(S(=O)(=O)c2ccc(C(=O)Nc3ccccc3-c3nc4ccccc4s3)cc2)C1. The van der Waals surface area contributed by atoms with Gasteiger partial charge in [-0.25, -0.2) is 13.4 Å². The van der Waals surface area contributed by atoms with Gasteiger partial charge in [-0.2, -0.15) is 4.31 Å². The summed E-state index contributed by atoms with van der Waals surface area (Å²) in [5.41, 5.74) is 2.81. The highest BCUT2D eigenvalue weighted by Gasteiger charge is 2.31. The van der Waals surface area contributed by atoms with Crippen LogP contribution in [0.25, 0.3) is 20.8 Å². The molecule has 2 atom stereocenters. The molecule has 1 aromatic heterocycles. The van der Waals surface area contributed by atoms with Crippen molar-refractivity contribution in [3.05, 3.63) is 78.4 Å². The summed E-state index contributed by atoms with van der Waals surface area (Å²) in [6.07, 6.45) is 1.03. The monoisotopic (exact) mass is 505 g/mol. The molecule has 1 amide bonds. The lowest BCUT2D eigenvalue weighted by Crippen LogP contribution is -2.42. The Hall–Kier alpha value is -3.07. The molecule has 1 fully saturated rings. The van der Waals surface area contributed by atoms with Crippen LogP contribution in [0, 0.1) is 11.8 Å². The molecule has 1 aliphatic rings. The van der Waals surface area contributed by atoms with Gasteiger partial charge in [0.2, 0.25) is 10.0 Å². The summed E-state index contributed by atoms with van der Waals surface area (Å²) in [6, 6.07) is 21.7. The minimum Gasteiger partial charge on any atom is -0.321 e. The average molecular weight is 506 g/mol. The Balaban J connectivity index is 1.36. The van der Waals surface area contributed by atoms with Gasteiger partial charge >= 0.3 is 0 Å². The Kier molecular flexibility index (Phi) is 6.44. The molecule has 2 heterocycles. The zero-order valence-corrected chi connectivity index (χ0v) is 21.3. The Morgan fingerprint density at radius 1 is 0.943 bits per heavy atom. The topological polar surface area (TPSA) is 79.4 Å². The average Bonchev–Trinajstić information content (AvgIpc) is 3.28. The molecule has 0 saturated carbocycles. The number of para-hydroxylation sites is 2. The number of carbonyl (C=O) groups is 1. The Bertz CT molecular complexity index is 1440. The summed E-state index contributed by atoms with van der Waals surface area (Å²) in [6.45, 7) is 5.21. The molecule has 1 saturated heterocycles. The quantitative estimate of drug-likeness (QED) is 0.367. The minimum absolute atomic E-state index is 0.213. The van der Waals surface area contributed by atoms with E-state index in [2.05, 4.69) is 19.2 Å². The first kappa shape index (κ1) is 23.7. The van der Waals surface area contributed by atoms with Crippen molar-refractivity contribution in [3.8, 4) is 10.6 Å².